The van der Waals surface area contributed by atoms with Gasteiger partial charge in [-0.1, -0.05) is 0 Å². The van der Waals surface area contributed by atoms with Crippen molar-refractivity contribution >= 4 is 5.91 Å². The van der Waals surface area contributed by atoms with Gasteiger partial charge in [0.25, 0.3) is 0 Å². The zero-order valence-corrected chi connectivity index (χ0v) is 11.6. The summed E-state index contributed by atoms with van der Waals surface area (Å²) < 4.78 is 41.5. The van der Waals surface area contributed by atoms with Gasteiger partial charge in [-0.15, -0.1) is 0 Å². The Kier molecular flexibility index (Phi) is 5.62. The van der Waals surface area contributed by atoms with Crippen molar-refractivity contribution in [2.75, 3.05) is 26.7 Å². The van der Waals surface area contributed by atoms with E-state index in [1.165, 1.54) is 11.0 Å². The molecule has 0 saturated carbocycles. The largest absolute Gasteiger partial charge is 0.484 e. The molecular formula is C13H19F3N2O2. The van der Waals surface area contributed by atoms with Crippen LogP contribution in [-0.2, 0) is 9.53 Å². The average Bonchev–Trinajstić information content (AvgIpc) is 2.63. The molecule has 1 amide bonds. The number of rotatable bonds is 6. The Labute approximate surface area is 116 Å². The van der Waals surface area contributed by atoms with Crippen LogP contribution in [0.15, 0.2) is 23.0 Å². The van der Waals surface area contributed by atoms with Crippen LogP contribution in [0.5, 0.6) is 0 Å². The molecule has 0 bridgehead atoms. The molecule has 1 heterocycles. The molecule has 1 aliphatic rings. The quantitative estimate of drug-likeness (QED) is 0.762. The van der Waals surface area contributed by atoms with Crippen LogP contribution in [0.2, 0.25) is 0 Å². The first-order chi connectivity index (χ1) is 9.30. The molecular weight excluding hydrogens is 273 g/mol. The second kappa shape index (κ2) is 6.78. The molecule has 0 atom stereocenters. The van der Waals surface area contributed by atoms with Gasteiger partial charge in [-0.3, -0.25) is 4.79 Å². The van der Waals surface area contributed by atoms with Gasteiger partial charge in [0, 0.05) is 24.7 Å². The van der Waals surface area contributed by atoms with Crippen molar-refractivity contribution in [3.63, 3.8) is 0 Å². The molecule has 0 aliphatic carbocycles. The number of amides is 1. The van der Waals surface area contributed by atoms with E-state index in [-0.39, 0.29) is 18.2 Å². The Morgan fingerprint density at radius 2 is 2.15 bits per heavy atom. The number of halogens is 3. The predicted molar refractivity (Wildman–Crippen MR) is 68.7 cm³/mol. The number of carbonyl (C=O) groups excluding carboxylic acids is 1. The molecule has 0 unspecified atom stereocenters. The van der Waals surface area contributed by atoms with Crippen molar-refractivity contribution in [3.05, 3.63) is 23.0 Å². The standard InChI is InChI=1S/C13H19F3N2O2/c1-3-11(20-8-13(14,15)16)10-7-18(2)12(19)9(10)5-4-6-17/h3H,4-8,17H2,1-2H3/b11-3+. The van der Waals surface area contributed by atoms with Crippen LogP contribution in [0.1, 0.15) is 19.8 Å². The Bertz CT molecular complexity index is 428. The third-order valence-corrected chi connectivity index (χ3v) is 2.95. The van der Waals surface area contributed by atoms with E-state index >= 15 is 0 Å². The summed E-state index contributed by atoms with van der Waals surface area (Å²) >= 11 is 0. The van der Waals surface area contributed by atoms with Crippen molar-refractivity contribution in [3.8, 4) is 0 Å². The average molecular weight is 292 g/mol. The van der Waals surface area contributed by atoms with Crippen LogP contribution in [0, 0.1) is 0 Å². The Hall–Kier alpha value is -1.50. The molecule has 2 N–H and O–H groups in total. The first kappa shape index (κ1) is 16.6. The van der Waals surface area contributed by atoms with Gasteiger partial charge in [0.2, 0.25) is 5.91 Å². The molecule has 0 aromatic rings. The number of ether oxygens (including phenoxy) is 1. The predicted octanol–water partition coefficient (Wildman–Crippen LogP) is 1.98. The van der Waals surface area contributed by atoms with Gasteiger partial charge in [0.1, 0.15) is 5.76 Å². The maximum Gasteiger partial charge on any atom is 0.422 e. The molecule has 0 aromatic carbocycles. The van der Waals surface area contributed by atoms with Crippen LogP contribution in [-0.4, -0.2) is 43.7 Å². The number of nitrogens with two attached hydrogens (primary N) is 1. The molecule has 1 rings (SSSR count). The lowest BCUT2D eigenvalue weighted by Gasteiger charge is -2.14. The minimum atomic E-state index is -4.40. The summed E-state index contributed by atoms with van der Waals surface area (Å²) in [6.45, 7) is 0.902. The van der Waals surface area contributed by atoms with Gasteiger partial charge in [-0.2, -0.15) is 13.2 Å². The number of nitrogens with zero attached hydrogens (tertiary/aromatic N) is 1. The lowest BCUT2D eigenvalue weighted by Crippen LogP contribution is -2.22. The van der Waals surface area contributed by atoms with Crippen LogP contribution in [0.25, 0.3) is 0 Å². The molecule has 0 aromatic heterocycles. The van der Waals surface area contributed by atoms with E-state index in [4.69, 9.17) is 10.5 Å². The number of likely N-dealkylation sites (N-methyl/N-ethyl adjacent to an activating group) is 1. The second-order valence-corrected chi connectivity index (χ2v) is 4.57. The smallest absolute Gasteiger partial charge is 0.422 e. The highest BCUT2D eigenvalue weighted by Gasteiger charge is 2.33. The van der Waals surface area contributed by atoms with E-state index in [2.05, 4.69) is 0 Å². The fraction of sp³-hybridized carbons (Fsp3) is 0.615. The number of carbonyl (C=O) groups is 1. The SMILES string of the molecule is C/C=C(/OCC(F)(F)F)C1=C(CCCN)C(=O)N(C)C1. The van der Waals surface area contributed by atoms with Gasteiger partial charge < -0.3 is 15.4 Å². The summed E-state index contributed by atoms with van der Waals surface area (Å²) in [5.74, 6) is -0.0598. The normalized spacial score (nSPS) is 17.2. The molecule has 114 valence electrons. The van der Waals surface area contributed by atoms with E-state index in [9.17, 15) is 18.0 Å². The molecule has 0 radical (unpaired) electrons. The topological polar surface area (TPSA) is 55.6 Å². The summed E-state index contributed by atoms with van der Waals surface area (Å²) in [5, 5.41) is 0. The van der Waals surface area contributed by atoms with Crippen molar-refractivity contribution in [2.24, 2.45) is 5.73 Å². The zero-order chi connectivity index (χ0) is 15.3. The monoisotopic (exact) mass is 292 g/mol. The number of hydrogen-bond acceptors (Lipinski definition) is 3. The summed E-state index contributed by atoms with van der Waals surface area (Å²) in [7, 11) is 1.61. The maximum absolute atomic E-state index is 12.2. The van der Waals surface area contributed by atoms with Crippen molar-refractivity contribution in [2.45, 2.75) is 25.9 Å². The highest BCUT2D eigenvalue weighted by Crippen LogP contribution is 2.29. The van der Waals surface area contributed by atoms with Crippen LogP contribution in [0.4, 0.5) is 13.2 Å². The first-order valence-electron chi connectivity index (χ1n) is 6.34. The fourth-order valence-electron chi connectivity index (χ4n) is 2.03. The minimum Gasteiger partial charge on any atom is -0.484 e. The molecule has 0 saturated heterocycles. The van der Waals surface area contributed by atoms with Crippen molar-refractivity contribution in [1.29, 1.82) is 0 Å². The summed E-state index contributed by atoms with van der Waals surface area (Å²) in [6, 6.07) is 0. The third-order valence-electron chi connectivity index (χ3n) is 2.95. The van der Waals surface area contributed by atoms with E-state index in [0.29, 0.717) is 30.5 Å². The van der Waals surface area contributed by atoms with Gasteiger partial charge in [0.15, 0.2) is 6.61 Å². The minimum absolute atomic E-state index is 0.118. The third kappa shape index (κ3) is 4.26. The van der Waals surface area contributed by atoms with Crippen molar-refractivity contribution < 1.29 is 22.7 Å². The zero-order valence-electron chi connectivity index (χ0n) is 11.6. The van der Waals surface area contributed by atoms with Gasteiger partial charge in [-0.05, 0) is 32.4 Å². The van der Waals surface area contributed by atoms with E-state index in [1.54, 1.807) is 14.0 Å². The van der Waals surface area contributed by atoms with Crippen LogP contribution in [0.3, 0.4) is 0 Å². The van der Waals surface area contributed by atoms with Gasteiger partial charge in [-0.25, -0.2) is 0 Å². The summed E-state index contributed by atoms with van der Waals surface area (Å²) in [6.07, 6.45) is -1.90. The Morgan fingerprint density at radius 1 is 1.50 bits per heavy atom. The highest BCUT2D eigenvalue weighted by molar-refractivity contribution is 5.97. The summed E-state index contributed by atoms with van der Waals surface area (Å²) in [5.41, 5.74) is 6.43. The summed E-state index contributed by atoms with van der Waals surface area (Å²) in [4.78, 5) is 13.4. The van der Waals surface area contributed by atoms with E-state index in [0.717, 1.165) is 0 Å². The van der Waals surface area contributed by atoms with Crippen molar-refractivity contribution in [1.82, 2.24) is 4.90 Å². The number of alkyl halides is 3. The van der Waals surface area contributed by atoms with E-state index in [1.807, 2.05) is 0 Å². The Morgan fingerprint density at radius 3 is 2.65 bits per heavy atom. The van der Waals surface area contributed by atoms with Crippen LogP contribution >= 0.6 is 0 Å². The van der Waals surface area contributed by atoms with E-state index < -0.39 is 12.8 Å². The lowest BCUT2D eigenvalue weighted by atomic mass is 10.0. The molecule has 4 nitrogen and oxygen atoms in total. The highest BCUT2D eigenvalue weighted by atomic mass is 19.4. The van der Waals surface area contributed by atoms with Gasteiger partial charge >= 0.3 is 6.18 Å². The molecule has 0 fully saturated rings. The number of hydrogen-bond donors (Lipinski definition) is 1. The van der Waals surface area contributed by atoms with Crippen LogP contribution < -0.4 is 5.73 Å². The first-order valence-corrected chi connectivity index (χ1v) is 6.34. The Balaban J connectivity index is 2.92. The molecule has 7 heteroatoms. The fourth-order valence-corrected chi connectivity index (χ4v) is 2.03. The molecule has 1 aliphatic heterocycles. The van der Waals surface area contributed by atoms with Gasteiger partial charge in [0.05, 0.1) is 0 Å². The lowest BCUT2D eigenvalue weighted by molar-refractivity contribution is -0.164. The second-order valence-electron chi connectivity index (χ2n) is 4.57. The molecule has 20 heavy (non-hydrogen) atoms. The number of allylic oxidation sites excluding steroid dienone is 1. The molecule has 0 spiro atoms. The maximum atomic E-state index is 12.2.